The summed E-state index contributed by atoms with van der Waals surface area (Å²) in [6.07, 6.45) is 0. The van der Waals surface area contributed by atoms with E-state index >= 15 is 0 Å². The van der Waals surface area contributed by atoms with Crippen molar-refractivity contribution in [1.82, 2.24) is 0 Å². The van der Waals surface area contributed by atoms with Crippen LogP contribution < -0.4 is 4.90 Å². The van der Waals surface area contributed by atoms with Gasteiger partial charge in [0, 0.05) is 42.5 Å². The standard InChI is InChI=1S/C55H37NS/c1-55(2)49-21-11-9-19-44(49)45-28-26-38(33-50(45)55)56(37-25-27-43-41-17-6-5-15-39(41)40-16-7-8-18-42(40)48(43)32-37)51-30-29-47-46-20-10-12-22-52(46)57-54(47)53(51)36-24-23-34-13-3-4-14-35(34)31-36/h3-33H,1-2H3. The second kappa shape index (κ2) is 12.1. The third kappa shape index (κ3) is 4.75. The predicted octanol–water partition coefficient (Wildman–Crippen LogP) is 16.1. The number of benzene rings is 10. The van der Waals surface area contributed by atoms with E-state index in [1.54, 1.807) is 0 Å². The van der Waals surface area contributed by atoms with Gasteiger partial charge in [0.15, 0.2) is 0 Å². The molecule has 0 spiro atoms. The fraction of sp³-hybridized carbons (Fsp3) is 0.0545. The van der Waals surface area contributed by atoms with E-state index in [9.17, 15) is 0 Å². The molecule has 1 aliphatic rings. The summed E-state index contributed by atoms with van der Waals surface area (Å²) in [6, 6.07) is 70.3. The Balaban J connectivity index is 1.19. The molecule has 11 aromatic rings. The Morgan fingerprint density at radius 1 is 0.404 bits per heavy atom. The molecular weight excluding hydrogens is 707 g/mol. The second-order valence-electron chi connectivity index (χ2n) is 16.1. The highest BCUT2D eigenvalue weighted by Crippen LogP contribution is 2.53. The molecule has 0 saturated carbocycles. The van der Waals surface area contributed by atoms with E-state index in [0.717, 1.165) is 11.4 Å². The van der Waals surface area contributed by atoms with Crippen LogP contribution in [0.25, 0.3) is 85.5 Å². The van der Waals surface area contributed by atoms with Crippen molar-refractivity contribution in [1.29, 1.82) is 0 Å². The van der Waals surface area contributed by atoms with Gasteiger partial charge in [0.1, 0.15) is 0 Å². The van der Waals surface area contributed by atoms with Crippen molar-refractivity contribution in [2.75, 3.05) is 4.90 Å². The molecule has 1 nitrogen and oxygen atoms in total. The average molecular weight is 744 g/mol. The van der Waals surface area contributed by atoms with Gasteiger partial charge >= 0.3 is 0 Å². The summed E-state index contributed by atoms with van der Waals surface area (Å²) >= 11 is 1.90. The highest BCUT2D eigenvalue weighted by atomic mass is 32.1. The highest BCUT2D eigenvalue weighted by molar-refractivity contribution is 7.26. The lowest BCUT2D eigenvalue weighted by molar-refractivity contribution is 0.660. The summed E-state index contributed by atoms with van der Waals surface area (Å²) in [4.78, 5) is 2.54. The third-order valence-corrected chi connectivity index (χ3v) is 13.8. The summed E-state index contributed by atoms with van der Waals surface area (Å²) in [5, 5.41) is 12.7. The Kier molecular flexibility index (Phi) is 6.91. The smallest absolute Gasteiger partial charge is 0.0554 e. The van der Waals surface area contributed by atoms with Gasteiger partial charge in [-0.3, -0.25) is 0 Å². The molecule has 0 atom stereocenters. The highest BCUT2D eigenvalue weighted by Gasteiger charge is 2.36. The van der Waals surface area contributed by atoms with Gasteiger partial charge in [-0.2, -0.15) is 0 Å². The Labute approximate surface area is 335 Å². The van der Waals surface area contributed by atoms with Crippen LogP contribution in [-0.2, 0) is 5.41 Å². The van der Waals surface area contributed by atoms with Crippen molar-refractivity contribution in [3.63, 3.8) is 0 Å². The summed E-state index contributed by atoms with van der Waals surface area (Å²) in [5.41, 5.74) is 11.2. The molecular formula is C55H37NS. The molecule has 268 valence electrons. The number of thiophene rings is 1. The lowest BCUT2D eigenvalue weighted by Crippen LogP contribution is -2.17. The maximum atomic E-state index is 2.54. The van der Waals surface area contributed by atoms with Crippen molar-refractivity contribution >= 4 is 91.7 Å². The molecule has 0 fully saturated rings. The molecule has 0 N–H and O–H groups in total. The minimum Gasteiger partial charge on any atom is -0.310 e. The van der Waals surface area contributed by atoms with E-state index in [4.69, 9.17) is 0 Å². The van der Waals surface area contributed by atoms with Gasteiger partial charge in [0.2, 0.25) is 0 Å². The molecule has 57 heavy (non-hydrogen) atoms. The molecule has 1 heterocycles. The molecule has 0 aliphatic heterocycles. The monoisotopic (exact) mass is 743 g/mol. The summed E-state index contributed by atoms with van der Waals surface area (Å²) in [6.45, 7) is 4.76. The SMILES string of the molecule is CC1(C)c2ccccc2-c2ccc(N(c3ccc4c5ccccc5c5ccccc5c4c3)c3ccc4c(sc5ccccc54)c3-c3ccc4ccccc4c3)cc21. The Morgan fingerprint density at radius 3 is 1.77 bits per heavy atom. The molecule has 0 amide bonds. The second-order valence-corrected chi connectivity index (χ2v) is 17.1. The van der Waals surface area contributed by atoms with E-state index in [1.807, 2.05) is 11.3 Å². The van der Waals surface area contributed by atoms with Crippen LogP contribution in [0.15, 0.2) is 188 Å². The van der Waals surface area contributed by atoms with E-state index in [2.05, 4.69) is 207 Å². The largest absolute Gasteiger partial charge is 0.310 e. The topological polar surface area (TPSA) is 3.24 Å². The normalized spacial score (nSPS) is 13.2. The molecule has 0 radical (unpaired) electrons. The predicted molar refractivity (Wildman–Crippen MR) is 247 cm³/mol. The minimum absolute atomic E-state index is 0.136. The van der Waals surface area contributed by atoms with Crippen LogP contribution in [0.4, 0.5) is 17.1 Å². The molecule has 10 aromatic carbocycles. The van der Waals surface area contributed by atoms with E-state index in [0.29, 0.717) is 0 Å². The first-order chi connectivity index (χ1) is 28.0. The fourth-order valence-electron chi connectivity index (χ4n) is 9.88. The van der Waals surface area contributed by atoms with Gasteiger partial charge in [-0.25, -0.2) is 0 Å². The Bertz CT molecular complexity index is 3420. The van der Waals surface area contributed by atoms with Gasteiger partial charge < -0.3 is 4.90 Å². The van der Waals surface area contributed by atoms with Crippen LogP contribution in [0.2, 0.25) is 0 Å². The van der Waals surface area contributed by atoms with Gasteiger partial charge in [-0.15, -0.1) is 11.3 Å². The molecule has 0 unspecified atom stereocenters. The lowest BCUT2D eigenvalue weighted by Gasteiger charge is -2.30. The summed E-state index contributed by atoms with van der Waals surface area (Å²) < 4.78 is 2.61. The number of rotatable bonds is 4. The number of fused-ring (bicyclic) bond motifs is 13. The van der Waals surface area contributed by atoms with Crippen LogP contribution in [0.1, 0.15) is 25.0 Å². The van der Waals surface area contributed by atoms with Crippen LogP contribution >= 0.6 is 11.3 Å². The molecule has 0 saturated heterocycles. The quantitative estimate of drug-likeness (QED) is 0.162. The van der Waals surface area contributed by atoms with Crippen molar-refractivity contribution < 1.29 is 0 Å². The Morgan fingerprint density at radius 2 is 0.982 bits per heavy atom. The van der Waals surface area contributed by atoms with Gasteiger partial charge in [-0.1, -0.05) is 159 Å². The molecule has 1 aliphatic carbocycles. The van der Waals surface area contributed by atoms with Crippen molar-refractivity contribution in [2.45, 2.75) is 19.3 Å². The van der Waals surface area contributed by atoms with E-state index in [-0.39, 0.29) is 5.41 Å². The Hall–Kier alpha value is -6.74. The van der Waals surface area contributed by atoms with Gasteiger partial charge in [0.05, 0.1) is 5.69 Å². The number of hydrogen-bond acceptors (Lipinski definition) is 2. The maximum Gasteiger partial charge on any atom is 0.0554 e. The first-order valence-corrected chi connectivity index (χ1v) is 20.7. The minimum atomic E-state index is -0.136. The maximum absolute atomic E-state index is 2.54. The zero-order valence-corrected chi connectivity index (χ0v) is 32.6. The van der Waals surface area contributed by atoms with E-state index < -0.39 is 0 Å². The van der Waals surface area contributed by atoms with Crippen LogP contribution in [0.3, 0.4) is 0 Å². The fourth-order valence-corrected chi connectivity index (χ4v) is 11.1. The molecule has 12 rings (SSSR count). The van der Waals surface area contributed by atoms with Crippen LogP contribution in [-0.4, -0.2) is 0 Å². The van der Waals surface area contributed by atoms with Crippen molar-refractivity contribution in [3.05, 3.63) is 199 Å². The van der Waals surface area contributed by atoms with Crippen LogP contribution in [0.5, 0.6) is 0 Å². The number of hydrogen-bond donors (Lipinski definition) is 0. The van der Waals surface area contributed by atoms with Crippen LogP contribution in [0, 0.1) is 0 Å². The number of anilines is 3. The first kappa shape index (κ1) is 32.5. The molecule has 1 aromatic heterocycles. The molecule has 0 bridgehead atoms. The lowest BCUT2D eigenvalue weighted by atomic mass is 9.82. The first-order valence-electron chi connectivity index (χ1n) is 19.8. The van der Waals surface area contributed by atoms with Gasteiger partial charge in [0.25, 0.3) is 0 Å². The van der Waals surface area contributed by atoms with E-state index in [1.165, 1.54) is 102 Å². The molecule has 2 heteroatoms. The zero-order chi connectivity index (χ0) is 37.8. The zero-order valence-electron chi connectivity index (χ0n) is 31.8. The van der Waals surface area contributed by atoms with Gasteiger partial charge in [-0.05, 0) is 113 Å². The van der Waals surface area contributed by atoms with Crippen molar-refractivity contribution in [3.8, 4) is 22.3 Å². The third-order valence-electron chi connectivity index (χ3n) is 12.6. The average Bonchev–Trinajstić information content (AvgIpc) is 3.75. The summed E-state index contributed by atoms with van der Waals surface area (Å²) in [5.74, 6) is 0. The summed E-state index contributed by atoms with van der Waals surface area (Å²) in [7, 11) is 0. The van der Waals surface area contributed by atoms with Crippen molar-refractivity contribution in [2.24, 2.45) is 0 Å². The number of nitrogens with zero attached hydrogens (tertiary/aromatic N) is 1.